The standard InChI is InChI=1S/C23H28Cl2FN3O4S/c1-15(2)12-27-23(31)16(3)28(13-19-20(24)9-6-10-21(19)25)22(30)14-29(34(4,32)33)18-8-5-7-17(26)11-18/h5-11,15-16H,12-14H2,1-4H3,(H,27,31)/t16-/m1/s1. The minimum absolute atomic E-state index is 0.0107. The summed E-state index contributed by atoms with van der Waals surface area (Å²) >= 11 is 12.6. The molecule has 1 atom stereocenters. The summed E-state index contributed by atoms with van der Waals surface area (Å²) in [6.45, 7) is 5.02. The molecule has 1 N–H and O–H groups in total. The molecule has 0 saturated heterocycles. The quantitative estimate of drug-likeness (QED) is 0.500. The molecule has 0 aliphatic carbocycles. The highest BCUT2D eigenvalue weighted by atomic mass is 35.5. The summed E-state index contributed by atoms with van der Waals surface area (Å²) < 4.78 is 39.5. The van der Waals surface area contributed by atoms with E-state index in [1.54, 1.807) is 18.2 Å². The van der Waals surface area contributed by atoms with Crippen LogP contribution < -0.4 is 9.62 Å². The number of amides is 2. The molecule has 186 valence electrons. The fourth-order valence-corrected chi connectivity index (χ4v) is 4.49. The number of sulfonamides is 1. The number of benzene rings is 2. The zero-order chi connectivity index (χ0) is 25.6. The van der Waals surface area contributed by atoms with Crippen molar-refractivity contribution in [2.24, 2.45) is 5.92 Å². The van der Waals surface area contributed by atoms with Gasteiger partial charge in [0.15, 0.2) is 0 Å². The van der Waals surface area contributed by atoms with Crippen LogP contribution in [0.1, 0.15) is 26.3 Å². The van der Waals surface area contributed by atoms with E-state index in [4.69, 9.17) is 23.2 Å². The molecule has 2 rings (SSSR count). The predicted molar refractivity (Wildman–Crippen MR) is 133 cm³/mol. The van der Waals surface area contributed by atoms with Crippen LogP contribution in [0.2, 0.25) is 10.0 Å². The monoisotopic (exact) mass is 531 g/mol. The number of carbonyl (C=O) groups excluding carboxylic acids is 2. The molecule has 0 aromatic heterocycles. The van der Waals surface area contributed by atoms with Crippen LogP contribution in [0.4, 0.5) is 10.1 Å². The van der Waals surface area contributed by atoms with Crippen LogP contribution in [-0.4, -0.2) is 50.5 Å². The van der Waals surface area contributed by atoms with Crippen LogP contribution >= 0.6 is 23.2 Å². The molecule has 0 saturated carbocycles. The summed E-state index contributed by atoms with van der Waals surface area (Å²) in [6.07, 6.45) is 0.916. The Morgan fingerprint density at radius 2 is 1.65 bits per heavy atom. The Bertz CT molecular complexity index is 1120. The van der Waals surface area contributed by atoms with Crippen molar-refractivity contribution in [3.8, 4) is 0 Å². The number of hydrogen-bond acceptors (Lipinski definition) is 4. The highest BCUT2D eigenvalue weighted by Gasteiger charge is 2.31. The van der Waals surface area contributed by atoms with Gasteiger partial charge in [-0.3, -0.25) is 13.9 Å². The van der Waals surface area contributed by atoms with Crippen molar-refractivity contribution in [2.45, 2.75) is 33.4 Å². The van der Waals surface area contributed by atoms with Gasteiger partial charge in [-0.2, -0.15) is 0 Å². The molecule has 0 heterocycles. The van der Waals surface area contributed by atoms with E-state index in [1.165, 1.54) is 30.0 Å². The lowest BCUT2D eigenvalue weighted by Crippen LogP contribution is -2.51. The first-order chi connectivity index (χ1) is 15.8. The van der Waals surface area contributed by atoms with Gasteiger partial charge in [-0.25, -0.2) is 12.8 Å². The van der Waals surface area contributed by atoms with E-state index < -0.39 is 40.2 Å². The summed E-state index contributed by atoms with van der Waals surface area (Å²) in [5.74, 6) is -1.56. The van der Waals surface area contributed by atoms with Gasteiger partial charge in [-0.1, -0.05) is 49.2 Å². The van der Waals surface area contributed by atoms with E-state index in [-0.39, 0.29) is 18.2 Å². The molecule has 0 bridgehead atoms. The molecule has 2 aromatic rings. The van der Waals surface area contributed by atoms with Gasteiger partial charge in [0, 0.05) is 28.7 Å². The first kappa shape index (κ1) is 27.9. The second-order valence-electron chi connectivity index (χ2n) is 8.29. The second-order valence-corrected chi connectivity index (χ2v) is 11.0. The van der Waals surface area contributed by atoms with Crippen molar-refractivity contribution in [1.29, 1.82) is 0 Å². The Kier molecular flexibility index (Phi) is 9.73. The topological polar surface area (TPSA) is 86.8 Å². The smallest absolute Gasteiger partial charge is 0.244 e. The van der Waals surface area contributed by atoms with Gasteiger partial charge >= 0.3 is 0 Å². The maximum Gasteiger partial charge on any atom is 0.244 e. The van der Waals surface area contributed by atoms with Gasteiger partial charge in [0.05, 0.1) is 11.9 Å². The van der Waals surface area contributed by atoms with Crippen LogP contribution in [0, 0.1) is 11.7 Å². The molecule has 0 aliphatic heterocycles. The number of carbonyl (C=O) groups is 2. The molecule has 11 heteroatoms. The predicted octanol–water partition coefficient (Wildman–Crippen LogP) is 4.09. The highest BCUT2D eigenvalue weighted by Crippen LogP contribution is 2.27. The molecule has 0 aliphatic rings. The first-order valence-electron chi connectivity index (χ1n) is 10.5. The zero-order valence-electron chi connectivity index (χ0n) is 19.4. The normalized spacial score (nSPS) is 12.4. The maximum absolute atomic E-state index is 13.8. The third-order valence-corrected chi connectivity index (χ3v) is 6.87. The van der Waals surface area contributed by atoms with Gasteiger partial charge in [-0.15, -0.1) is 0 Å². The molecule has 0 fully saturated rings. The van der Waals surface area contributed by atoms with E-state index in [0.29, 0.717) is 22.2 Å². The van der Waals surface area contributed by atoms with Gasteiger partial charge < -0.3 is 10.2 Å². The van der Waals surface area contributed by atoms with E-state index in [0.717, 1.165) is 16.6 Å². The minimum Gasteiger partial charge on any atom is -0.354 e. The first-order valence-corrected chi connectivity index (χ1v) is 13.1. The fourth-order valence-electron chi connectivity index (χ4n) is 3.13. The fraction of sp³-hybridized carbons (Fsp3) is 0.391. The van der Waals surface area contributed by atoms with Gasteiger partial charge in [-0.05, 0) is 43.2 Å². The summed E-state index contributed by atoms with van der Waals surface area (Å²) in [5, 5.41) is 3.37. The molecule has 0 spiro atoms. The molecule has 0 radical (unpaired) electrons. The second kappa shape index (κ2) is 11.9. The van der Waals surface area contributed by atoms with Crippen LogP contribution in [0.5, 0.6) is 0 Å². The Balaban J connectivity index is 2.43. The lowest BCUT2D eigenvalue weighted by molar-refractivity contribution is -0.139. The number of nitrogens with zero attached hydrogens (tertiary/aromatic N) is 2. The maximum atomic E-state index is 13.8. The minimum atomic E-state index is -3.95. The Morgan fingerprint density at radius 3 is 2.18 bits per heavy atom. The van der Waals surface area contributed by atoms with Gasteiger partial charge in [0.1, 0.15) is 18.4 Å². The largest absolute Gasteiger partial charge is 0.354 e. The number of halogens is 3. The molecular weight excluding hydrogens is 504 g/mol. The van der Waals surface area contributed by atoms with Gasteiger partial charge in [0.25, 0.3) is 0 Å². The number of hydrogen-bond donors (Lipinski definition) is 1. The van der Waals surface area contributed by atoms with Crippen LogP contribution in [0.15, 0.2) is 42.5 Å². The zero-order valence-corrected chi connectivity index (χ0v) is 21.7. The Morgan fingerprint density at radius 1 is 1.06 bits per heavy atom. The van der Waals surface area contributed by atoms with Crippen LogP contribution in [-0.2, 0) is 26.2 Å². The highest BCUT2D eigenvalue weighted by molar-refractivity contribution is 7.92. The third kappa shape index (κ3) is 7.58. The molecule has 2 aromatic carbocycles. The van der Waals surface area contributed by atoms with Crippen molar-refractivity contribution >= 4 is 50.7 Å². The average molecular weight is 532 g/mol. The SMILES string of the molecule is CC(C)CNC(=O)[C@@H](C)N(Cc1c(Cl)cccc1Cl)C(=O)CN(c1cccc(F)c1)S(C)(=O)=O. The van der Waals surface area contributed by atoms with Crippen molar-refractivity contribution in [2.75, 3.05) is 23.7 Å². The average Bonchev–Trinajstić information content (AvgIpc) is 2.74. The van der Waals surface area contributed by atoms with E-state index >= 15 is 0 Å². The van der Waals surface area contributed by atoms with E-state index in [1.807, 2.05) is 13.8 Å². The number of anilines is 1. The van der Waals surface area contributed by atoms with Crippen molar-refractivity contribution in [1.82, 2.24) is 10.2 Å². The van der Waals surface area contributed by atoms with Crippen LogP contribution in [0.3, 0.4) is 0 Å². The summed E-state index contributed by atoms with van der Waals surface area (Å²) in [6, 6.07) is 8.79. The lowest BCUT2D eigenvalue weighted by Gasteiger charge is -2.32. The van der Waals surface area contributed by atoms with Crippen molar-refractivity contribution in [3.05, 3.63) is 63.9 Å². The Labute approximate surface area is 209 Å². The molecule has 34 heavy (non-hydrogen) atoms. The summed E-state index contributed by atoms with van der Waals surface area (Å²) in [4.78, 5) is 27.4. The lowest BCUT2D eigenvalue weighted by atomic mass is 10.1. The molecule has 2 amide bonds. The van der Waals surface area contributed by atoms with Gasteiger partial charge in [0.2, 0.25) is 21.8 Å². The number of rotatable bonds is 10. The van der Waals surface area contributed by atoms with E-state index in [9.17, 15) is 22.4 Å². The van der Waals surface area contributed by atoms with E-state index in [2.05, 4.69) is 5.32 Å². The molecule has 0 unspecified atom stereocenters. The summed E-state index contributed by atoms with van der Waals surface area (Å²) in [7, 11) is -3.95. The molecule has 7 nitrogen and oxygen atoms in total. The van der Waals surface area contributed by atoms with Crippen molar-refractivity contribution < 1.29 is 22.4 Å². The third-order valence-electron chi connectivity index (χ3n) is 5.02. The molecular formula is C23H28Cl2FN3O4S. The number of nitrogens with one attached hydrogen (secondary N) is 1. The van der Waals surface area contributed by atoms with Crippen LogP contribution in [0.25, 0.3) is 0 Å². The summed E-state index contributed by atoms with van der Waals surface area (Å²) in [5.41, 5.74) is 0.405. The van der Waals surface area contributed by atoms with Crippen molar-refractivity contribution in [3.63, 3.8) is 0 Å². The Hall–Kier alpha value is -2.36.